The zero-order chi connectivity index (χ0) is 14.2. The summed E-state index contributed by atoms with van der Waals surface area (Å²) in [6.45, 7) is 14.0. The van der Waals surface area contributed by atoms with Gasteiger partial charge in [0.15, 0.2) is 0 Å². The molecule has 0 aromatic heterocycles. The summed E-state index contributed by atoms with van der Waals surface area (Å²) in [5, 5.41) is 0. The molecule has 2 heterocycles. The Labute approximate surface area is 119 Å². The van der Waals surface area contributed by atoms with E-state index in [1.54, 1.807) is 16.8 Å². The molecule has 19 heavy (non-hydrogen) atoms. The standard InChI is InChI=1S/C18H29N/c1-7-14(6)15-9-8-10-19-17(15)11-16(12(2)3)18(19)13(4)5/h8-10,12-14,17H,7,11H2,1-6H3. The molecule has 0 aromatic rings. The first kappa shape index (κ1) is 14.4. The summed E-state index contributed by atoms with van der Waals surface area (Å²) >= 11 is 0. The van der Waals surface area contributed by atoms with E-state index in [4.69, 9.17) is 0 Å². The Morgan fingerprint density at radius 1 is 1.16 bits per heavy atom. The van der Waals surface area contributed by atoms with E-state index >= 15 is 0 Å². The van der Waals surface area contributed by atoms with Crippen LogP contribution >= 0.6 is 0 Å². The molecule has 1 heteroatoms. The Morgan fingerprint density at radius 2 is 1.84 bits per heavy atom. The number of allylic oxidation sites excluding steroid dienone is 3. The first-order valence-corrected chi connectivity index (χ1v) is 7.86. The summed E-state index contributed by atoms with van der Waals surface area (Å²) in [6.07, 6.45) is 9.35. The highest BCUT2D eigenvalue weighted by Gasteiger charge is 2.36. The summed E-state index contributed by atoms with van der Waals surface area (Å²) in [6, 6.07) is 0.592. The van der Waals surface area contributed by atoms with Gasteiger partial charge in [-0.1, -0.05) is 47.6 Å². The van der Waals surface area contributed by atoms with Crippen LogP contribution in [-0.2, 0) is 0 Å². The van der Waals surface area contributed by atoms with Crippen molar-refractivity contribution < 1.29 is 0 Å². The first-order valence-electron chi connectivity index (χ1n) is 7.86. The third-order valence-corrected chi connectivity index (χ3v) is 4.70. The lowest BCUT2D eigenvalue weighted by atomic mass is 9.87. The summed E-state index contributed by atoms with van der Waals surface area (Å²) in [5.41, 5.74) is 4.87. The van der Waals surface area contributed by atoms with Gasteiger partial charge in [-0.2, -0.15) is 0 Å². The van der Waals surface area contributed by atoms with Crippen molar-refractivity contribution in [3.8, 4) is 0 Å². The van der Waals surface area contributed by atoms with Gasteiger partial charge in [-0.15, -0.1) is 0 Å². The van der Waals surface area contributed by atoms with Crippen molar-refractivity contribution in [2.24, 2.45) is 17.8 Å². The average Bonchev–Trinajstić information content (AvgIpc) is 2.77. The lowest BCUT2D eigenvalue weighted by Gasteiger charge is -2.34. The van der Waals surface area contributed by atoms with E-state index in [0.29, 0.717) is 23.8 Å². The monoisotopic (exact) mass is 259 g/mol. The minimum absolute atomic E-state index is 0.592. The number of hydrogen-bond donors (Lipinski definition) is 0. The highest BCUT2D eigenvalue weighted by Crippen LogP contribution is 2.43. The van der Waals surface area contributed by atoms with Crippen molar-refractivity contribution in [2.45, 2.75) is 60.4 Å². The molecule has 2 rings (SSSR count). The molecule has 0 saturated heterocycles. The van der Waals surface area contributed by atoms with Crippen LogP contribution < -0.4 is 0 Å². The van der Waals surface area contributed by atoms with Gasteiger partial charge in [0.2, 0.25) is 0 Å². The van der Waals surface area contributed by atoms with E-state index in [9.17, 15) is 0 Å². The fourth-order valence-electron chi connectivity index (χ4n) is 3.49. The van der Waals surface area contributed by atoms with Crippen molar-refractivity contribution in [3.05, 3.63) is 35.2 Å². The van der Waals surface area contributed by atoms with Crippen LogP contribution in [0.3, 0.4) is 0 Å². The SMILES string of the molecule is CCC(C)C1=CC=CN2C(C(C)C)=C(C(C)C)CC12. The van der Waals surface area contributed by atoms with Crippen LogP contribution in [0.1, 0.15) is 54.4 Å². The molecule has 0 radical (unpaired) electrons. The molecule has 2 atom stereocenters. The zero-order valence-corrected chi connectivity index (χ0v) is 13.4. The summed E-state index contributed by atoms with van der Waals surface area (Å²) in [4.78, 5) is 2.56. The second-order valence-electron chi connectivity index (χ2n) is 6.66. The molecule has 0 fully saturated rings. The van der Waals surface area contributed by atoms with Crippen LogP contribution in [0, 0.1) is 17.8 Å². The lowest BCUT2D eigenvalue weighted by Crippen LogP contribution is -2.32. The van der Waals surface area contributed by atoms with E-state index in [1.165, 1.54) is 12.8 Å². The predicted molar refractivity (Wildman–Crippen MR) is 83.6 cm³/mol. The minimum atomic E-state index is 0.592. The summed E-state index contributed by atoms with van der Waals surface area (Å²) < 4.78 is 0. The van der Waals surface area contributed by atoms with Gasteiger partial charge in [0.1, 0.15) is 0 Å². The highest BCUT2D eigenvalue weighted by molar-refractivity contribution is 5.38. The predicted octanol–water partition coefficient (Wildman–Crippen LogP) is 5.13. The summed E-state index contributed by atoms with van der Waals surface area (Å²) in [5.74, 6) is 1.97. The smallest absolute Gasteiger partial charge is 0.0586 e. The van der Waals surface area contributed by atoms with E-state index in [0.717, 1.165) is 0 Å². The Hall–Kier alpha value is -0.980. The molecule has 0 N–H and O–H groups in total. The first-order chi connectivity index (χ1) is 8.97. The van der Waals surface area contributed by atoms with Gasteiger partial charge in [-0.05, 0) is 47.8 Å². The molecule has 0 aromatic carbocycles. The third-order valence-electron chi connectivity index (χ3n) is 4.70. The van der Waals surface area contributed by atoms with Crippen molar-refractivity contribution in [1.82, 2.24) is 4.90 Å². The number of fused-ring (bicyclic) bond motifs is 1. The van der Waals surface area contributed by atoms with Gasteiger partial charge in [0.25, 0.3) is 0 Å². The van der Waals surface area contributed by atoms with Crippen LogP contribution in [0.15, 0.2) is 35.2 Å². The van der Waals surface area contributed by atoms with Gasteiger partial charge >= 0.3 is 0 Å². The molecule has 0 saturated carbocycles. The van der Waals surface area contributed by atoms with Crippen molar-refractivity contribution in [1.29, 1.82) is 0 Å². The van der Waals surface area contributed by atoms with E-state index in [-0.39, 0.29) is 0 Å². The van der Waals surface area contributed by atoms with E-state index in [2.05, 4.69) is 64.8 Å². The molecule has 0 aliphatic carbocycles. The third kappa shape index (κ3) is 2.52. The molecule has 0 amide bonds. The number of rotatable bonds is 4. The van der Waals surface area contributed by atoms with Crippen LogP contribution in [0.4, 0.5) is 0 Å². The van der Waals surface area contributed by atoms with Crippen LogP contribution in [0.2, 0.25) is 0 Å². The van der Waals surface area contributed by atoms with Gasteiger partial charge in [0, 0.05) is 11.9 Å². The Morgan fingerprint density at radius 3 is 2.37 bits per heavy atom. The molecule has 2 aliphatic rings. The van der Waals surface area contributed by atoms with E-state index in [1.807, 2.05) is 0 Å². The van der Waals surface area contributed by atoms with Crippen LogP contribution in [0.5, 0.6) is 0 Å². The van der Waals surface area contributed by atoms with Gasteiger partial charge in [0.05, 0.1) is 6.04 Å². The Balaban J connectivity index is 2.35. The van der Waals surface area contributed by atoms with Gasteiger partial charge < -0.3 is 4.90 Å². The fourth-order valence-corrected chi connectivity index (χ4v) is 3.49. The van der Waals surface area contributed by atoms with Crippen LogP contribution in [-0.4, -0.2) is 10.9 Å². The molecule has 2 aliphatic heterocycles. The van der Waals surface area contributed by atoms with Crippen LogP contribution in [0.25, 0.3) is 0 Å². The molecular formula is C18H29N. The zero-order valence-electron chi connectivity index (χ0n) is 13.4. The van der Waals surface area contributed by atoms with Crippen molar-refractivity contribution in [3.63, 3.8) is 0 Å². The van der Waals surface area contributed by atoms with Gasteiger partial charge in [-0.25, -0.2) is 0 Å². The van der Waals surface area contributed by atoms with E-state index < -0.39 is 0 Å². The second kappa shape index (κ2) is 5.56. The number of nitrogens with zero attached hydrogens (tertiary/aromatic N) is 1. The number of hydrogen-bond acceptors (Lipinski definition) is 1. The average molecular weight is 259 g/mol. The molecule has 1 nitrogen and oxygen atoms in total. The largest absolute Gasteiger partial charge is 0.344 e. The maximum Gasteiger partial charge on any atom is 0.0586 e. The highest BCUT2D eigenvalue weighted by atomic mass is 15.2. The molecule has 2 unspecified atom stereocenters. The van der Waals surface area contributed by atoms with Gasteiger partial charge in [-0.3, -0.25) is 0 Å². The maximum atomic E-state index is 2.56. The lowest BCUT2D eigenvalue weighted by molar-refractivity contribution is 0.351. The molecule has 106 valence electrons. The normalized spacial score (nSPS) is 24.3. The second-order valence-corrected chi connectivity index (χ2v) is 6.66. The van der Waals surface area contributed by atoms with Crippen molar-refractivity contribution >= 4 is 0 Å². The molecule has 0 bridgehead atoms. The summed E-state index contributed by atoms with van der Waals surface area (Å²) in [7, 11) is 0. The Kier molecular flexibility index (Phi) is 4.23. The maximum absolute atomic E-state index is 2.56. The molecule has 0 spiro atoms. The quantitative estimate of drug-likeness (QED) is 0.676. The van der Waals surface area contributed by atoms with Crippen molar-refractivity contribution in [2.75, 3.05) is 0 Å². The minimum Gasteiger partial charge on any atom is -0.344 e. The Bertz CT molecular complexity index is 423. The topological polar surface area (TPSA) is 3.24 Å². The molecular weight excluding hydrogens is 230 g/mol. The fraction of sp³-hybridized carbons (Fsp3) is 0.667.